The van der Waals surface area contributed by atoms with Gasteiger partial charge in [-0.1, -0.05) is 65.7 Å². The van der Waals surface area contributed by atoms with Crippen molar-refractivity contribution < 1.29 is 21.6 Å². The Morgan fingerprint density at radius 1 is 0.645 bits per heavy atom. The maximum Gasteiger partial charge on any atom is 0.242 e. The van der Waals surface area contributed by atoms with Gasteiger partial charge in [-0.25, -0.2) is 16.8 Å². The van der Waals surface area contributed by atoms with E-state index in [4.69, 9.17) is 0 Å². The lowest BCUT2D eigenvalue weighted by Gasteiger charge is -2.19. The van der Waals surface area contributed by atoms with Gasteiger partial charge in [0.25, 0.3) is 0 Å². The molecule has 0 aromatic heterocycles. The van der Waals surface area contributed by atoms with Gasteiger partial charge in [-0.05, 0) is 38.1 Å². The Labute approximate surface area is 182 Å². The average Bonchev–Trinajstić information content (AvgIpc) is 2.73. The van der Waals surface area contributed by atoms with Crippen molar-refractivity contribution in [2.75, 3.05) is 0 Å². The monoisotopic (exact) mass is 458 g/mol. The zero-order valence-corrected chi connectivity index (χ0v) is 18.6. The number of Topliss-reactive ketones (excluding diaryl/α,β-unsaturated/α-hetero) is 1. The van der Waals surface area contributed by atoms with E-state index in [0.717, 1.165) is 11.1 Å². The molecule has 0 bridgehead atoms. The van der Waals surface area contributed by atoms with Crippen LogP contribution in [0, 0.1) is 13.8 Å². The lowest BCUT2D eigenvalue weighted by Crippen LogP contribution is -2.52. The van der Waals surface area contributed by atoms with Crippen molar-refractivity contribution in [1.82, 2.24) is 9.44 Å². The summed E-state index contributed by atoms with van der Waals surface area (Å²) in [5, 5.41) is 0. The number of nitrogens with one attached hydrogen (secondary N) is 2. The highest BCUT2D eigenvalue weighted by atomic mass is 32.2. The molecule has 0 unspecified atom stereocenters. The van der Waals surface area contributed by atoms with E-state index < -0.39 is 32.0 Å². The van der Waals surface area contributed by atoms with E-state index in [1.54, 1.807) is 56.3 Å². The van der Waals surface area contributed by atoms with E-state index >= 15 is 0 Å². The summed E-state index contributed by atoms with van der Waals surface area (Å²) in [6, 6.07) is 19.8. The molecule has 0 atom stereocenters. The SMILES string of the molecule is Cc1ccc(S(=O)(=O)NC(NS(=O)(=O)c2ccc(C)cc2)C(=O)c2ccccc2)cc1. The van der Waals surface area contributed by atoms with Gasteiger partial charge in [-0.3, -0.25) is 4.79 Å². The fourth-order valence-corrected chi connectivity index (χ4v) is 5.07. The molecule has 0 saturated carbocycles. The summed E-state index contributed by atoms with van der Waals surface area (Å²) >= 11 is 0. The molecule has 162 valence electrons. The first-order valence-electron chi connectivity index (χ1n) is 9.36. The lowest BCUT2D eigenvalue weighted by atomic mass is 10.1. The van der Waals surface area contributed by atoms with E-state index in [1.807, 2.05) is 0 Å². The minimum Gasteiger partial charge on any atom is -0.291 e. The molecule has 0 saturated heterocycles. The molecule has 0 heterocycles. The Morgan fingerprint density at radius 3 is 1.42 bits per heavy atom. The molecule has 2 N–H and O–H groups in total. The molecule has 3 aromatic rings. The Hall–Kier alpha value is -2.85. The second-order valence-corrected chi connectivity index (χ2v) is 10.5. The number of sulfonamides is 2. The number of benzene rings is 3. The molecule has 3 aromatic carbocycles. The number of carbonyl (C=O) groups excluding carboxylic acids is 1. The van der Waals surface area contributed by atoms with Crippen LogP contribution >= 0.6 is 0 Å². The first-order chi connectivity index (χ1) is 14.6. The zero-order chi connectivity index (χ0) is 22.6. The predicted molar refractivity (Wildman–Crippen MR) is 118 cm³/mol. The van der Waals surface area contributed by atoms with Crippen molar-refractivity contribution in [2.45, 2.75) is 29.8 Å². The van der Waals surface area contributed by atoms with Crippen molar-refractivity contribution in [1.29, 1.82) is 0 Å². The quantitative estimate of drug-likeness (QED) is 0.398. The molecule has 7 nitrogen and oxygen atoms in total. The molecule has 0 radical (unpaired) electrons. The van der Waals surface area contributed by atoms with E-state index in [-0.39, 0.29) is 15.4 Å². The summed E-state index contributed by atoms with van der Waals surface area (Å²) in [6.07, 6.45) is -1.74. The average molecular weight is 459 g/mol. The topological polar surface area (TPSA) is 109 Å². The smallest absolute Gasteiger partial charge is 0.242 e. The summed E-state index contributed by atoms with van der Waals surface area (Å²) in [5.74, 6) is -0.730. The van der Waals surface area contributed by atoms with Crippen LogP contribution in [0.25, 0.3) is 0 Å². The van der Waals surface area contributed by atoms with Gasteiger partial charge >= 0.3 is 0 Å². The molecule has 0 fully saturated rings. The van der Waals surface area contributed by atoms with Crippen LogP contribution in [0.4, 0.5) is 0 Å². The molecule has 0 spiro atoms. The number of rotatable bonds is 8. The third kappa shape index (κ3) is 5.65. The van der Waals surface area contributed by atoms with Crippen molar-refractivity contribution in [3.63, 3.8) is 0 Å². The molecule has 3 rings (SSSR count). The highest BCUT2D eigenvalue weighted by molar-refractivity contribution is 7.90. The number of hydrogen-bond donors (Lipinski definition) is 2. The lowest BCUT2D eigenvalue weighted by molar-refractivity contribution is 0.0947. The molecular formula is C22H22N2O5S2. The fourth-order valence-electron chi connectivity index (χ4n) is 2.78. The van der Waals surface area contributed by atoms with Crippen LogP contribution in [0.1, 0.15) is 21.5 Å². The van der Waals surface area contributed by atoms with E-state index in [2.05, 4.69) is 9.44 Å². The highest BCUT2D eigenvalue weighted by Crippen LogP contribution is 2.15. The van der Waals surface area contributed by atoms with Crippen molar-refractivity contribution in [3.8, 4) is 0 Å². The van der Waals surface area contributed by atoms with Gasteiger partial charge in [0, 0.05) is 5.56 Å². The van der Waals surface area contributed by atoms with Crippen LogP contribution in [0.2, 0.25) is 0 Å². The van der Waals surface area contributed by atoms with E-state index in [0.29, 0.717) is 0 Å². The maximum atomic E-state index is 13.0. The van der Waals surface area contributed by atoms with E-state index in [1.165, 1.54) is 36.4 Å². The molecule has 0 aliphatic carbocycles. The van der Waals surface area contributed by atoms with Gasteiger partial charge in [0.1, 0.15) is 6.17 Å². The molecular weight excluding hydrogens is 436 g/mol. The Kier molecular flexibility index (Phi) is 6.71. The summed E-state index contributed by atoms with van der Waals surface area (Å²) in [7, 11) is -8.38. The number of hydrogen-bond acceptors (Lipinski definition) is 5. The maximum absolute atomic E-state index is 13.0. The second-order valence-electron chi connectivity index (χ2n) is 7.03. The van der Waals surface area contributed by atoms with Gasteiger partial charge in [0.05, 0.1) is 9.79 Å². The predicted octanol–water partition coefficient (Wildman–Crippen LogP) is 2.77. The zero-order valence-electron chi connectivity index (χ0n) is 16.9. The first-order valence-corrected chi connectivity index (χ1v) is 12.3. The second kappa shape index (κ2) is 9.11. The first kappa shape index (κ1) is 22.8. The highest BCUT2D eigenvalue weighted by Gasteiger charge is 2.31. The minimum absolute atomic E-state index is 0.0847. The van der Waals surface area contributed by atoms with Gasteiger partial charge in [-0.2, -0.15) is 9.44 Å². The summed E-state index contributed by atoms with van der Waals surface area (Å²) in [6.45, 7) is 3.61. The van der Waals surface area contributed by atoms with Crippen molar-refractivity contribution in [3.05, 3.63) is 95.6 Å². The summed E-state index contributed by atoms with van der Waals surface area (Å²) in [4.78, 5) is 12.8. The van der Waals surface area contributed by atoms with Crippen LogP contribution in [0.15, 0.2) is 88.7 Å². The van der Waals surface area contributed by atoms with Crippen LogP contribution in [-0.2, 0) is 20.0 Å². The summed E-state index contributed by atoms with van der Waals surface area (Å²) < 4.78 is 55.8. The number of ketones is 1. The third-order valence-corrected chi connectivity index (χ3v) is 7.41. The normalized spacial score (nSPS) is 12.1. The van der Waals surface area contributed by atoms with Crippen molar-refractivity contribution in [2.24, 2.45) is 0 Å². The minimum atomic E-state index is -4.19. The van der Waals surface area contributed by atoms with Crippen LogP contribution < -0.4 is 9.44 Å². The Morgan fingerprint density at radius 2 is 1.03 bits per heavy atom. The standard InChI is InChI=1S/C22H22N2O5S2/c1-16-8-12-19(13-9-16)30(26,27)23-22(21(25)18-6-4-3-5-7-18)24-31(28,29)20-14-10-17(2)11-15-20/h3-15,22-24H,1-2H3. The third-order valence-electron chi connectivity index (χ3n) is 4.53. The molecule has 0 aliphatic heterocycles. The molecule has 9 heteroatoms. The molecule has 0 amide bonds. The Bertz CT molecular complexity index is 1190. The van der Waals surface area contributed by atoms with Crippen molar-refractivity contribution >= 4 is 25.8 Å². The van der Waals surface area contributed by atoms with E-state index in [9.17, 15) is 21.6 Å². The molecule has 31 heavy (non-hydrogen) atoms. The van der Waals surface area contributed by atoms with Crippen LogP contribution in [0.3, 0.4) is 0 Å². The largest absolute Gasteiger partial charge is 0.291 e. The van der Waals surface area contributed by atoms with Gasteiger partial charge < -0.3 is 0 Å². The molecule has 0 aliphatic rings. The fraction of sp³-hybridized carbons (Fsp3) is 0.136. The van der Waals surface area contributed by atoms with Crippen LogP contribution in [-0.4, -0.2) is 28.8 Å². The number of aryl methyl sites for hydroxylation is 2. The van der Waals surface area contributed by atoms with Gasteiger partial charge in [0.15, 0.2) is 5.78 Å². The summed E-state index contributed by atoms with van der Waals surface area (Å²) in [5.41, 5.74) is 1.87. The van der Waals surface area contributed by atoms with Gasteiger partial charge in [-0.15, -0.1) is 0 Å². The van der Waals surface area contributed by atoms with Gasteiger partial charge in [0.2, 0.25) is 20.0 Å². The number of carbonyl (C=O) groups is 1. The van der Waals surface area contributed by atoms with Crippen LogP contribution in [0.5, 0.6) is 0 Å². The Balaban J connectivity index is 1.97.